The lowest BCUT2D eigenvalue weighted by atomic mass is 9.92. The molecule has 3 heterocycles. The minimum Gasteiger partial charge on any atom is -0.341 e. The SMILES string of the molecule is Cl.Cl.O=C(C1CCCN1Cc1ccccc1)N1CC[C@@H]2CNC[C@@H]2CC1. The molecule has 1 aromatic rings. The Labute approximate surface area is 169 Å². The molecule has 0 bridgehead atoms. The summed E-state index contributed by atoms with van der Waals surface area (Å²) in [5.41, 5.74) is 1.31. The van der Waals surface area contributed by atoms with E-state index in [0.29, 0.717) is 5.91 Å². The molecule has 4 nitrogen and oxygen atoms in total. The Morgan fingerprint density at radius 1 is 0.962 bits per heavy atom. The van der Waals surface area contributed by atoms with Crippen LogP contribution in [0.25, 0.3) is 0 Å². The molecule has 4 rings (SSSR count). The average Bonchev–Trinajstić information content (AvgIpc) is 3.21. The summed E-state index contributed by atoms with van der Waals surface area (Å²) in [6.45, 7) is 6.16. The second-order valence-corrected chi connectivity index (χ2v) is 7.70. The summed E-state index contributed by atoms with van der Waals surface area (Å²) in [5, 5.41) is 3.51. The van der Waals surface area contributed by atoms with Crippen LogP contribution in [-0.4, -0.2) is 54.5 Å². The third-order valence-electron chi connectivity index (χ3n) is 6.21. The highest BCUT2D eigenvalue weighted by molar-refractivity contribution is 5.85. The number of carbonyl (C=O) groups excluding carboxylic acids is 1. The van der Waals surface area contributed by atoms with Gasteiger partial charge in [-0.1, -0.05) is 30.3 Å². The summed E-state index contributed by atoms with van der Waals surface area (Å²) >= 11 is 0. The Hall–Kier alpha value is -0.810. The van der Waals surface area contributed by atoms with Crippen molar-refractivity contribution in [2.75, 3.05) is 32.7 Å². The maximum atomic E-state index is 13.1. The smallest absolute Gasteiger partial charge is 0.239 e. The topological polar surface area (TPSA) is 35.6 Å². The maximum absolute atomic E-state index is 13.1. The Morgan fingerprint density at radius 3 is 2.27 bits per heavy atom. The quantitative estimate of drug-likeness (QED) is 0.848. The lowest BCUT2D eigenvalue weighted by Crippen LogP contribution is -2.46. The minimum atomic E-state index is 0. The van der Waals surface area contributed by atoms with Crippen LogP contribution in [0.15, 0.2) is 30.3 Å². The predicted octanol–water partition coefficient (Wildman–Crippen LogP) is 2.95. The molecule has 3 fully saturated rings. The van der Waals surface area contributed by atoms with Gasteiger partial charge in [0.15, 0.2) is 0 Å². The van der Waals surface area contributed by atoms with E-state index < -0.39 is 0 Å². The number of carbonyl (C=O) groups is 1. The first-order valence-corrected chi connectivity index (χ1v) is 9.59. The molecule has 1 aromatic carbocycles. The molecule has 26 heavy (non-hydrogen) atoms. The van der Waals surface area contributed by atoms with Gasteiger partial charge in [-0.25, -0.2) is 0 Å². The number of nitrogens with zero attached hydrogens (tertiary/aromatic N) is 2. The van der Waals surface area contributed by atoms with Gasteiger partial charge in [0.25, 0.3) is 0 Å². The lowest BCUT2D eigenvalue weighted by molar-refractivity contribution is -0.136. The molecular weight excluding hydrogens is 369 g/mol. The number of halogens is 2. The first kappa shape index (κ1) is 21.5. The van der Waals surface area contributed by atoms with E-state index in [9.17, 15) is 4.79 Å². The van der Waals surface area contributed by atoms with Crippen molar-refractivity contribution in [3.8, 4) is 0 Å². The first-order chi connectivity index (χ1) is 11.8. The zero-order valence-corrected chi connectivity index (χ0v) is 16.9. The number of hydrogen-bond acceptors (Lipinski definition) is 3. The molecule has 146 valence electrons. The number of benzene rings is 1. The number of likely N-dealkylation sites (tertiary alicyclic amines) is 2. The molecule has 1 unspecified atom stereocenters. The van der Waals surface area contributed by atoms with Gasteiger partial charge in [-0.15, -0.1) is 24.8 Å². The van der Waals surface area contributed by atoms with Gasteiger partial charge in [0.1, 0.15) is 0 Å². The summed E-state index contributed by atoms with van der Waals surface area (Å²) in [4.78, 5) is 17.7. The van der Waals surface area contributed by atoms with Crippen molar-refractivity contribution in [3.05, 3.63) is 35.9 Å². The van der Waals surface area contributed by atoms with Gasteiger partial charge in [-0.3, -0.25) is 9.69 Å². The number of fused-ring (bicyclic) bond motifs is 1. The Balaban J connectivity index is 0.00000121. The fourth-order valence-corrected chi connectivity index (χ4v) is 4.76. The highest BCUT2D eigenvalue weighted by atomic mass is 35.5. The molecule has 0 radical (unpaired) electrons. The molecule has 3 aliphatic heterocycles. The van der Waals surface area contributed by atoms with Gasteiger partial charge in [-0.05, 0) is 62.7 Å². The minimum absolute atomic E-state index is 0. The normalized spacial score (nSPS) is 28.6. The number of nitrogens with one attached hydrogen (secondary N) is 1. The van der Waals surface area contributed by atoms with Gasteiger partial charge in [-0.2, -0.15) is 0 Å². The zero-order valence-electron chi connectivity index (χ0n) is 15.3. The summed E-state index contributed by atoms with van der Waals surface area (Å²) in [7, 11) is 0. The number of amides is 1. The van der Waals surface area contributed by atoms with E-state index in [0.717, 1.165) is 63.9 Å². The van der Waals surface area contributed by atoms with E-state index >= 15 is 0 Å². The summed E-state index contributed by atoms with van der Waals surface area (Å²) in [5.74, 6) is 1.95. The third kappa shape index (κ3) is 4.72. The van der Waals surface area contributed by atoms with Gasteiger partial charge >= 0.3 is 0 Å². The van der Waals surface area contributed by atoms with Crippen molar-refractivity contribution in [1.29, 1.82) is 0 Å². The van der Waals surface area contributed by atoms with Gasteiger partial charge in [0.05, 0.1) is 6.04 Å². The number of hydrogen-bond donors (Lipinski definition) is 1. The average molecular weight is 400 g/mol. The summed E-state index contributed by atoms with van der Waals surface area (Å²) < 4.78 is 0. The molecule has 1 amide bonds. The van der Waals surface area contributed by atoms with Crippen LogP contribution >= 0.6 is 24.8 Å². The Bertz CT molecular complexity index is 557. The van der Waals surface area contributed by atoms with E-state index in [4.69, 9.17) is 0 Å². The van der Waals surface area contributed by atoms with Crippen molar-refractivity contribution < 1.29 is 4.79 Å². The van der Waals surface area contributed by atoms with Crippen LogP contribution in [0, 0.1) is 11.8 Å². The fraction of sp³-hybridized carbons (Fsp3) is 0.650. The second-order valence-electron chi connectivity index (χ2n) is 7.70. The van der Waals surface area contributed by atoms with Crippen molar-refractivity contribution in [3.63, 3.8) is 0 Å². The first-order valence-electron chi connectivity index (χ1n) is 9.59. The molecule has 3 aliphatic rings. The van der Waals surface area contributed by atoms with Crippen molar-refractivity contribution in [2.24, 2.45) is 11.8 Å². The fourth-order valence-electron chi connectivity index (χ4n) is 4.76. The molecule has 3 saturated heterocycles. The van der Waals surface area contributed by atoms with E-state index in [1.807, 2.05) is 0 Å². The molecule has 0 saturated carbocycles. The highest BCUT2D eigenvalue weighted by Crippen LogP contribution is 2.29. The monoisotopic (exact) mass is 399 g/mol. The largest absolute Gasteiger partial charge is 0.341 e. The van der Waals surface area contributed by atoms with E-state index in [1.54, 1.807) is 0 Å². The number of rotatable bonds is 3. The predicted molar refractivity (Wildman–Crippen MR) is 110 cm³/mol. The van der Waals surface area contributed by atoms with E-state index in [2.05, 4.69) is 45.4 Å². The van der Waals surface area contributed by atoms with Crippen molar-refractivity contribution in [1.82, 2.24) is 15.1 Å². The molecule has 0 aromatic heterocycles. The standard InChI is InChI=1S/C20H29N3O.2ClH/c24-20(22-11-8-17-13-21-14-18(17)9-12-22)19-7-4-10-23(19)15-16-5-2-1-3-6-16;;/h1-3,5-6,17-19,21H,4,7-15H2;2*1H/t17-,18+,19?;;. The molecule has 3 atom stereocenters. The second kappa shape index (κ2) is 9.93. The maximum Gasteiger partial charge on any atom is 0.239 e. The summed E-state index contributed by atoms with van der Waals surface area (Å²) in [6, 6.07) is 10.7. The van der Waals surface area contributed by atoms with Crippen LogP contribution in [0.4, 0.5) is 0 Å². The van der Waals surface area contributed by atoms with Gasteiger partial charge < -0.3 is 10.2 Å². The third-order valence-corrected chi connectivity index (χ3v) is 6.21. The Morgan fingerprint density at radius 2 is 1.62 bits per heavy atom. The highest BCUT2D eigenvalue weighted by Gasteiger charge is 2.36. The van der Waals surface area contributed by atoms with Crippen molar-refractivity contribution >= 4 is 30.7 Å². The molecule has 0 aliphatic carbocycles. The molecule has 1 N–H and O–H groups in total. The molecule has 6 heteroatoms. The van der Waals surface area contributed by atoms with Crippen LogP contribution in [0.1, 0.15) is 31.2 Å². The van der Waals surface area contributed by atoms with Crippen LogP contribution in [-0.2, 0) is 11.3 Å². The molecular formula is C20H31Cl2N3O. The van der Waals surface area contributed by atoms with E-state index in [-0.39, 0.29) is 30.9 Å². The van der Waals surface area contributed by atoms with Crippen LogP contribution in [0.3, 0.4) is 0 Å². The zero-order chi connectivity index (χ0) is 16.4. The van der Waals surface area contributed by atoms with Gasteiger partial charge in [0, 0.05) is 19.6 Å². The van der Waals surface area contributed by atoms with Crippen LogP contribution in [0.2, 0.25) is 0 Å². The summed E-state index contributed by atoms with van der Waals surface area (Å²) in [6.07, 6.45) is 4.52. The van der Waals surface area contributed by atoms with Crippen LogP contribution in [0.5, 0.6) is 0 Å². The van der Waals surface area contributed by atoms with Crippen LogP contribution < -0.4 is 5.32 Å². The van der Waals surface area contributed by atoms with Gasteiger partial charge in [0.2, 0.25) is 5.91 Å². The van der Waals surface area contributed by atoms with Crippen molar-refractivity contribution in [2.45, 2.75) is 38.3 Å². The molecule has 0 spiro atoms. The van der Waals surface area contributed by atoms with E-state index in [1.165, 1.54) is 18.4 Å². The Kier molecular flexibility index (Phi) is 8.21. The lowest BCUT2D eigenvalue weighted by Gasteiger charge is -2.30.